The molecule has 1 aliphatic rings. The predicted molar refractivity (Wildman–Crippen MR) is 52.4 cm³/mol. The molecule has 0 spiro atoms. The molecule has 0 saturated heterocycles. The van der Waals surface area contributed by atoms with E-state index in [1.165, 1.54) is 25.7 Å². The van der Waals surface area contributed by atoms with Crippen LogP contribution in [0.2, 0.25) is 0 Å². The Labute approximate surface area is 78.4 Å². The van der Waals surface area contributed by atoms with E-state index in [9.17, 15) is 0 Å². The molecule has 0 aromatic heterocycles. The van der Waals surface area contributed by atoms with E-state index >= 15 is 0 Å². The Bertz CT molecular complexity index is 113. The maximum absolute atomic E-state index is 9.06. The van der Waals surface area contributed by atoms with Crippen LogP contribution in [0.15, 0.2) is 0 Å². The summed E-state index contributed by atoms with van der Waals surface area (Å²) in [5, 5.41) is 17.6. The van der Waals surface area contributed by atoms with Crippen molar-refractivity contribution in [2.75, 3.05) is 18.1 Å². The van der Waals surface area contributed by atoms with Gasteiger partial charge in [0.2, 0.25) is 0 Å². The van der Waals surface area contributed by atoms with Crippen LogP contribution in [0.5, 0.6) is 0 Å². The van der Waals surface area contributed by atoms with Crippen LogP contribution >= 0.6 is 11.8 Å². The average molecular weight is 190 g/mol. The molecule has 0 aliphatic heterocycles. The van der Waals surface area contributed by atoms with Gasteiger partial charge in [0.25, 0.3) is 0 Å². The summed E-state index contributed by atoms with van der Waals surface area (Å²) in [5.74, 6) is 2.73. The fourth-order valence-corrected chi connectivity index (χ4v) is 2.78. The van der Waals surface area contributed by atoms with Gasteiger partial charge in [0.15, 0.2) is 0 Å². The van der Waals surface area contributed by atoms with E-state index in [4.69, 9.17) is 10.2 Å². The van der Waals surface area contributed by atoms with Crippen molar-refractivity contribution in [3.8, 4) is 0 Å². The molecule has 0 amide bonds. The largest absolute Gasteiger partial charge is 0.394 e. The van der Waals surface area contributed by atoms with Crippen LogP contribution in [-0.4, -0.2) is 34.4 Å². The van der Waals surface area contributed by atoms with Crippen LogP contribution in [-0.2, 0) is 0 Å². The Hall–Kier alpha value is 0.270. The Morgan fingerprint density at radius 1 is 1.33 bits per heavy atom. The van der Waals surface area contributed by atoms with Crippen LogP contribution < -0.4 is 0 Å². The molecular weight excluding hydrogens is 172 g/mol. The fraction of sp³-hybridized carbons (Fsp3) is 1.00. The van der Waals surface area contributed by atoms with E-state index in [1.807, 2.05) is 0 Å². The number of rotatable bonds is 5. The summed E-state index contributed by atoms with van der Waals surface area (Å²) in [6.07, 6.45) is 4.97. The summed E-state index contributed by atoms with van der Waals surface area (Å²) in [4.78, 5) is 0. The summed E-state index contributed by atoms with van der Waals surface area (Å²) >= 11 is 1.77. The molecule has 72 valence electrons. The third kappa shape index (κ3) is 3.78. The maximum Gasteiger partial charge on any atom is 0.0861 e. The van der Waals surface area contributed by atoms with Gasteiger partial charge in [-0.05, 0) is 24.5 Å². The minimum atomic E-state index is -0.517. The van der Waals surface area contributed by atoms with E-state index in [1.54, 1.807) is 11.8 Å². The molecule has 2 N–H and O–H groups in total. The molecule has 0 radical (unpaired) electrons. The first-order chi connectivity index (χ1) is 5.83. The van der Waals surface area contributed by atoms with Gasteiger partial charge in [-0.2, -0.15) is 11.8 Å². The lowest BCUT2D eigenvalue weighted by molar-refractivity contribution is 0.113. The quantitative estimate of drug-likeness (QED) is 0.686. The van der Waals surface area contributed by atoms with Gasteiger partial charge in [-0.1, -0.05) is 12.8 Å². The number of aliphatic hydroxyl groups excluding tert-OH is 2. The van der Waals surface area contributed by atoms with Gasteiger partial charge in [0.05, 0.1) is 12.7 Å². The molecule has 1 atom stereocenters. The summed E-state index contributed by atoms with van der Waals surface area (Å²) < 4.78 is 0. The van der Waals surface area contributed by atoms with Gasteiger partial charge in [0, 0.05) is 5.75 Å². The van der Waals surface area contributed by atoms with Crippen LogP contribution in [0.25, 0.3) is 0 Å². The summed E-state index contributed by atoms with van der Waals surface area (Å²) in [7, 11) is 0. The topological polar surface area (TPSA) is 40.5 Å². The van der Waals surface area contributed by atoms with Crippen molar-refractivity contribution in [1.29, 1.82) is 0 Å². The molecular formula is C9H18O2S. The van der Waals surface area contributed by atoms with E-state index in [-0.39, 0.29) is 6.61 Å². The van der Waals surface area contributed by atoms with Gasteiger partial charge >= 0.3 is 0 Å². The normalized spacial score (nSPS) is 21.5. The Kier molecular flexibility index (Phi) is 5.04. The van der Waals surface area contributed by atoms with Gasteiger partial charge in [0.1, 0.15) is 0 Å². The second-order valence-corrected chi connectivity index (χ2v) is 4.60. The average Bonchev–Trinajstić information content (AvgIpc) is 2.57. The maximum atomic E-state index is 9.06. The molecule has 12 heavy (non-hydrogen) atoms. The van der Waals surface area contributed by atoms with Crippen molar-refractivity contribution >= 4 is 11.8 Å². The molecule has 0 heterocycles. The standard InChI is InChI=1S/C9H18O2S/c10-5-9(11)7-12-6-8-3-1-2-4-8/h8-11H,1-7H2. The molecule has 0 aromatic rings. The van der Waals surface area contributed by atoms with Crippen molar-refractivity contribution in [1.82, 2.24) is 0 Å². The number of hydrogen-bond donors (Lipinski definition) is 2. The van der Waals surface area contributed by atoms with Gasteiger partial charge < -0.3 is 10.2 Å². The van der Waals surface area contributed by atoms with Gasteiger partial charge in [-0.15, -0.1) is 0 Å². The van der Waals surface area contributed by atoms with E-state index < -0.39 is 6.10 Å². The van der Waals surface area contributed by atoms with Crippen molar-refractivity contribution in [2.45, 2.75) is 31.8 Å². The first kappa shape index (κ1) is 10.4. The van der Waals surface area contributed by atoms with Crippen molar-refractivity contribution < 1.29 is 10.2 Å². The summed E-state index contributed by atoms with van der Waals surface area (Å²) in [6.45, 7) is -0.0995. The lowest BCUT2D eigenvalue weighted by Gasteiger charge is -2.10. The molecule has 1 aliphatic carbocycles. The second-order valence-electron chi connectivity index (χ2n) is 3.52. The smallest absolute Gasteiger partial charge is 0.0861 e. The van der Waals surface area contributed by atoms with Gasteiger partial charge in [-0.25, -0.2) is 0 Å². The molecule has 0 aromatic carbocycles. The molecule has 1 unspecified atom stereocenters. The SMILES string of the molecule is OCC(O)CSCC1CCCC1. The van der Waals surface area contributed by atoms with Crippen LogP contribution in [0.1, 0.15) is 25.7 Å². The van der Waals surface area contributed by atoms with Crippen LogP contribution in [0.4, 0.5) is 0 Å². The lowest BCUT2D eigenvalue weighted by atomic mass is 10.1. The zero-order chi connectivity index (χ0) is 8.81. The third-order valence-electron chi connectivity index (χ3n) is 2.35. The molecule has 1 rings (SSSR count). The van der Waals surface area contributed by atoms with Crippen molar-refractivity contribution in [3.63, 3.8) is 0 Å². The highest BCUT2D eigenvalue weighted by Crippen LogP contribution is 2.27. The summed E-state index contributed by atoms with van der Waals surface area (Å²) in [6, 6.07) is 0. The molecule has 2 nitrogen and oxygen atoms in total. The zero-order valence-corrected chi connectivity index (χ0v) is 8.22. The fourth-order valence-electron chi connectivity index (χ4n) is 1.60. The van der Waals surface area contributed by atoms with Crippen LogP contribution in [0.3, 0.4) is 0 Å². The predicted octanol–water partition coefficient (Wildman–Crippen LogP) is 1.26. The van der Waals surface area contributed by atoms with E-state index in [0.717, 1.165) is 11.7 Å². The Balaban J connectivity index is 1.94. The van der Waals surface area contributed by atoms with Crippen LogP contribution in [0, 0.1) is 5.92 Å². The first-order valence-corrected chi connectivity index (χ1v) is 5.85. The van der Waals surface area contributed by atoms with E-state index in [2.05, 4.69) is 0 Å². The number of aliphatic hydroxyl groups is 2. The number of hydrogen-bond acceptors (Lipinski definition) is 3. The minimum Gasteiger partial charge on any atom is -0.394 e. The highest BCUT2D eigenvalue weighted by atomic mass is 32.2. The van der Waals surface area contributed by atoms with Crippen molar-refractivity contribution in [3.05, 3.63) is 0 Å². The zero-order valence-electron chi connectivity index (χ0n) is 7.41. The van der Waals surface area contributed by atoms with Gasteiger partial charge in [-0.3, -0.25) is 0 Å². The Morgan fingerprint density at radius 2 is 2.00 bits per heavy atom. The first-order valence-electron chi connectivity index (χ1n) is 4.69. The minimum absolute atomic E-state index is 0.0995. The third-order valence-corrected chi connectivity index (χ3v) is 3.68. The lowest BCUT2D eigenvalue weighted by Crippen LogP contribution is -2.15. The Morgan fingerprint density at radius 3 is 2.58 bits per heavy atom. The number of thioether (sulfide) groups is 1. The van der Waals surface area contributed by atoms with Crippen molar-refractivity contribution in [2.24, 2.45) is 5.92 Å². The molecule has 3 heteroatoms. The molecule has 0 bridgehead atoms. The highest BCUT2D eigenvalue weighted by Gasteiger charge is 2.15. The summed E-state index contributed by atoms with van der Waals surface area (Å²) in [5.41, 5.74) is 0. The van der Waals surface area contributed by atoms with E-state index in [0.29, 0.717) is 5.75 Å². The monoisotopic (exact) mass is 190 g/mol. The second kappa shape index (κ2) is 5.84. The molecule has 1 fully saturated rings. The molecule has 1 saturated carbocycles. The highest BCUT2D eigenvalue weighted by molar-refractivity contribution is 7.99.